The standard InChI is InChI=1S/C14H21ClN2/c15-13-7-6-12(11-16)14(10-13)17-8-4-2-1-3-5-9-17/h6-7,10H,1-5,8-9,11,16H2. The Morgan fingerprint density at radius 2 is 1.71 bits per heavy atom. The van der Waals surface area contributed by atoms with Gasteiger partial charge in [-0.1, -0.05) is 36.9 Å². The fourth-order valence-electron chi connectivity index (χ4n) is 2.49. The fourth-order valence-corrected chi connectivity index (χ4v) is 2.66. The minimum absolute atomic E-state index is 0.586. The van der Waals surface area contributed by atoms with Gasteiger partial charge < -0.3 is 10.6 Å². The molecule has 1 aromatic rings. The third-order valence-corrected chi connectivity index (χ3v) is 3.70. The molecule has 3 heteroatoms. The number of hydrogen-bond donors (Lipinski definition) is 1. The van der Waals surface area contributed by atoms with Crippen molar-refractivity contribution in [3.8, 4) is 0 Å². The number of hydrogen-bond acceptors (Lipinski definition) is 2. The molecule has 1 fully saturated rings. The number of benzene rings is 1. The predicted octanol–water partition coefficient (Wildman–Crippen LogP) is 3.57. The third kappa shape index (κ3) is 3.36. The molecule has 0 aliphatic carbocycles. The summed E-state index contributed by atoms with van der Waals surface area (Å²) in [6, 6.07) is 6.04. The van der Waals surface area contributed by atoms with Gasteiger partial charge in [0.25, 0.3) is 0 Å². The van der Waals surface area contributed by atoms with E-state index in [0.717, 1.165) is 18.1 Å². The molecule has 1 heterocycles. The first kappa shape index (κ1) is 12.7. The van der Waals surface area contributed by atoms with Crippen molar-refractivity contribution in [3.63, 3.8) is 0 Å². The van der Waals surface area contributed by atoms with Gasteiger partial charge in [-0.25, -0.2) is 0 Å². The Labute approximate surface area is 109 Å². The maximum Gasteiger partial charge on any atom is 0.0426 e. The van der Waals surface area contributed by atoms with Crippen LogP contribution in [0.3, 0.4) is 0 Å². The molecule has 0 amide bonds. The molecule has 0 radical (unpaired) electrons. The molecule has 2 N–H and O–H groups in total. The minimum atomic E-state index is 0.586. The molecule has 0 unspecified atom stereocenters. The Morgan fingerprint density at radius 3 is 2.35 bits per heavy atom. The van der Waals surface area contributed by atoms with Crippen LogP contribution < -0.4 is 10.6 Å². The van der Waals surface area contributed by atoms with Crippen LogP contribution >= 0.6 is 11.6 Å². The smallest absolute Gasteiger partial charge is 0.0426 e. The van der Waals surface area contributed by atoms with Crippen molar-refractivity contribution < 1.29 is 0 Å². The van der Waals surface area contributed by atoms with E-state index in [9.17, 15) is 0 Å². The molecular weight excluding hydrogens is 232 g/mol. The van der Waals surface area contributed by atoms with Crippen molar-refractivity contribution in [2.45, 2.75) is 38.6 Å². The number of halogens is 1. The summed E-state index contributed by atoms with van der Waals surface area (Å²) in [4.78, 5) is 2.45. The zero-order chi connectivity index (χ0) is 12.1. The molecule has 2 rings (SSSR count). The molecule has 0 spiro atoms. The van der Waals surface area contributed by atoms with Crippen molar-refractivity contribution in [2.75, 3.05) is 18.0 Å². The Balaban J connectivity index is 2.20. The van der Waals surface area contributed by atoms with Gasteiger partial charge in [-0.05, 0) is 30.5 Å². The summed E-state index contributed by atoms with van der Waals surface area (Å²) in [6.07, 6.45) is 6.62. The molecule has 2 nitrogen and oxygen atoms in total. The van der Waals surface area contributed by atoms with Crippen molar-refractivity contribution in [1.29, 1.82) is 0 Å². The average molecular weight is 253 g/mol. The molecule has 1 saturated heterocycles. The maximum absolute atomic E-state index is 6.10. The van der Waals surface area contributed by atoms with Crippen LogP contribution in [-0.2, 0) is 6.54 Å². The largest absolute Gasteiger partial charge is 0.371 e. The molecule has 0 aromatic heterocycles. The monoisotopic (exact) mass is 252 g/mol. The lowest BCUT2D eigenvalue weighted by atomic mass is 10.1. The van der Waals surface area contributed by atoms with Gasteiger partial charge in [0.1, 0.15) is 0 Å². The first-order chi connectivity index (χ1) is 8.31. The molecule has 1 aliphatic heterocycles. The van der Waals surface area contributed by atoms with E-state index < -0.39 is 0 Å². The van der Waals surface area contributed by atoms with Gasteiger partial charge in [0.15, 0.2) is 0 Å². The molecular formula is C14H21ClN2. The molecule has 94 valence electrons. The van der Waals surface area contributed by atoms with Crippen LogP contribution in [0.15, 0.2) is 18.2 Å². The Bertz CT molecular complexity index is 357. The summed E-state index contributed by atoms with van der Waals surface area (Å²) in [7, 11) is 0. The van der Waals surface area contributed by atoms with Gasteiger partial charge in [0.05, 0.1) is 0 Å². The lowest BCUT2D eigenvalue weighted by Crippen LogP contribution is -2.28. The summed E-state index contributed by atoms with van der Waals surface area (Å²) >= 11 is 6.10. The second kappa shape index (κ2) is 6.27. The number of anilines is 1. The second-order valence-corrected chi connectivity index (χ2v) is 5.17. The fraction of sp³-hybridized carbons (Fsp3) is 0.571. The summed E-state index contributed by atoms with van der Waals surface area (Å²) in [5.41, 5.74) is 8.25. The Kier molecular flexibility index (Phi) is 4.69. The van der Waals surface area contributed by atoms with E-state index in [1.54, 1.807) is 0 Å². The van der Waals surface area contributed by atoms with Crippen LogP contribution in [0.1, 0.15) is 37.7 Å². The van der Waals surface area contributed by atoms with Crippen LogP contribution in [0.2, 0.25) is 5.02 Å². The van der Waals surface area contributed by atoms with Gasteiger partial charge in [0, 0.05) is 30.3 Å². The lowest BCUT2D eigenvalue weighted by molar-refractivity contribution is 0.555. The summed E-state index contributed by atoms with van der Waals surface area (Å²) in [6.45, 7) is 2.85. The van der Waals surface area contributed by atoms with E-state index in [-0.39, 0.29) is 0 Å². The van der Waals surface area contributed by atoms with Crippen LogP contribution in [0, 0.1) is 0 Å². The SMILES string of the molecule is NCc1ccc(Cl)cc1N1CCCCCCC1. The highest BCUT2D eigenvalue weighted by molar-refractivity contribution is 6.30. The van der Waals surface area contributed by atoms with Gasteiger partial charge in [-0.2, -0.15) is 0 Å². The highest BCUT2D eigenvalue weighted by Gasteiger charge is 2.12. The zero-order valence-electron chi connectivity index (χ0n) is 10.3. The molecule has 0 atom stereocenters. The van der Waals surface area contributed by atoms with Crippen LogP contribution in [0.4, 0.5) is 5.69 Å². The van der Waals surface area contributed by atoms with Crippen molar-refractivity contribution in [2.24, 2.45) is 5.73 Å². The normalized spacial score (nSPS) is 17.6. The lowest BCUT2D eigenvalue weighted by Gasteiger charge is -2.29. The van der Waals surface area contributed by atoms with E-state index in [4.69, 9.17) is 17.3 Å². The maximum atomic E-state index is 6.10. The quantitative estimate of drug-likeness (QED) is 0.872. The minimum Gasteiger partial charge on any atom is -0.371 e. The first-order valence-electron chi connectivity index (χ1n) is 6.54. The van der Waals surface area contributed by atoms with E-state index in [1.807, 2.05) is 6.07 Å². The van der Waals surface area contributed by atoms with E-state index in [1.165, 1.54) is 43.4 Å². The van der Waals surface area contributed by atoms with Crippen molar-refractivity contribution in [3.05, 3.63) is 28.8 Å². The van der Waals surface area contributed by atoms with Gasteiger partial charge in [0.2, 0.25) is 0 Å². The molecule has 17 heavy (non-hydrogen) atoms. The Hall–Kier alpha value is -0.730. The third-order valence-electron chi connectivity index (χ3n) is 3.46. The summed E-state index contributed by atoms with van der Waals surface area (Å²) in [5, 5.41) is 0.805. The van der Waals surface area contributed by atoms with E-state index in [2.05, 4.69) is 17.0 Å². The van der Waals surface area contributed by atoms with Crippen LogP contribution in [0.25, 0.3) is 0 Å². The van der Waals surface area contributed by atoms with Crippen molar-refractivity contribution in [1.82, 2.24) is 0 Å². The van der Waals surface area contributed by atoms with E-state index in [0.29, 0.717) is 6.54 Å². The summed E-state index contributed by atoms with van der Waals surface area (Å²) < 4.78 is 0. The van der Waals surface area contributed by atoms with Crippen LogP contribution in [0.5, 0.6) is 0 Å². The molecule has 1 aromatic carbocycles. The van der Waals surface area contributed by atoms with Gasteiger partial charge >= 0.3 is 0 Å². The van der Waals surface area contributed by atoms with Crippen LogP contribution in [-0.4, -0.2) is 13.1 Å². The first-order valence-corrected chi connectivity index (χ1v) is 6.92. The summed E-state index contributed by atoms with van der Waals surface area (Å²) in [5.74, 6) is 0. The highest BCUT2D eigenvalue weighted by Crippen LogP contribution is 2.26. The average Bonchev–Trinajstić information content (AvgIpc) is 2.28. The van der Waals surface area contributed by atoms with Crippen molar-refractivity contribution >= 4 is 17.3 Å². The molecule has 0 bridgehead atoms. The number of nitrogens with zero attached hydrogens (tertiary/aromatic N) is 1. The zero-order valence-corrected chi connectivity index (χ0v) is 11.0. The number of rotatable bonds is 2. The molecule has 0 saturated carbocycles. The van der Waals surface area contributed by atoms with Gasteiger partial charge in [-0.3, -0.25) is 0 Å². The predicted molar refractivity (Wildman–Crippen MR) is 74.6 cm³/mol. The van der Waals surface area contributed by atoms with E-state index >= 15 is 0 Å². The highest BCUT2D eigenvalue weighted by atomic mass is 35.5. The second-order valence-electron chi connectivity index (χ2n) is 4.73. The Morgan fingerprint density at radius 1 is 1.06 bits per heavy atom. The topological polar surface area (TPSA) is 29.3 Å². The van der Waals surface area contributed by atoms with Gasteiger partial charge in [-0.15, -0.1) is 0 Å². The number of nitrogens with two attached hydrogens (primary N) is 1. The molecule has 1 aliphatic rings.